The van der Waals surface area contributed by atoms with E-state index in [1.54, 1.807) is 6.92 Å². The molecule has 1 aromatic heterocycles. The van der Waals surface area contributed by atoms with E-state index in [9.17, 15) is 4.79 Å². The van der Waals surface area contributed by atoms with Crippen LogP contribution >= 0.6 is 11.6 Å². The average Bonchev–Trinajstić information content (AvgIpc) is 2.59. The van der Waals surface area contributed by atoms with E-state index < -0.39 is 0 Å². The molecule has 2 heterocycles. The third-order valence-electron chi connectivity index (χ3n) is 3.33. The molecule has 0 unspecified atom stereocenters. The lowest BCUT2D eigenvalue weighted by Crippen LogP contribution is -2.34. The van der Waals surface area contributed by atoms with Gasteiger partial charge in [0.2, 0.25) is 11.2 Å². The Morgan fingerprint density at radius 1 is 1.26 bits per heavy atom. The van der Waals surface area contributed by atoms with Crippen LogP contribution in [0.4, 0.5) is 11.5 Å². The normalized spacial score (nSPS) is 16.4. The molecule has 6 nitrogen and oxygen atoms in total. The maximum Gasteiger partial charge on any atom is 0.224 e. The number of aryl methyl sites for hydroxylation is 1. The number of aromatic nitrogens is 2. The number of carbonyl (C=O) groups excluding carboxylic acids is 1. The van der Waals surface area contributed by atoms with Gasteiger partial charge in [-0.15, -0.1) is 0 Å². The zero-order valence-electron chi connectivity index (χ0n) is 11.2. The van der Waals surface area contributed by atoms with Gasteiger partial charge in [0, 0.05) is 33.1 Å². The maximum atomic E-state index is 11.4. The second-order valence-electron chi connectivity index (χ2n) is 4.66. The van der Waals surface area contributed by atoms with Crippen molar-refractivity contribution in [2.24, 2.45) is 0 Å². The molecule has 0 saturated carbocycles. The molecule has 1 amide bonds. The van der Waals surface area contributed by atoms with E-state index in [0.29, 0.717) is 30.3 Å². The fourth-order valence-electron chi connectivity index (χ4n) is 2.22. The van der Waals surface area contributed by atoms with Crippen molar-refractivity contribution >= 4 is 29.0 Å². The first-order valence-electron chi connectivity index (χ1n) is 6.29. The summed E-state index contributed by atoms with van der Waals surface area (Å²) in [7, 11) is 0. The number of nitrogens with two attached hydrogens (primary N) is 1. The summed E-state index contributed by atoms with van der Waals surface area (Å²) in [5.41, 5.74) is 7.26. The number of halogens is 1. The van der Waals surface area contributed by atoms with Crippen molar-refractivity contribution in [2.75, 3.05) is 36.8 Å². The minimum Gasteiger partial charge on any atom is -0.394 e. The summed E-state index contributed by atoms with van der Waals surface area (Å²) in [6.07, 6.45) is 0.889. The van der Waals surface area contributed by atoms with Gasteiger partial charge in [0.05, 0.1) is 11.4 Å². The van der Waals surface area contributed by atoms with Crippen LogP contribution in [-0.4, -0.2) is 47.0 Å². The lowest BCUT2D eigenvalue weighted by molar-refractivity contribution is -0.128. The van der Waals surface area contributed by atoms with Crippen LogP contribution in [0.2, 0.25) is 5.28 Å². The van der Waals surface area contributed by atoms with Crippen molar-refractivity contribution in [1.82, 2.24) is 14.9 Å². The Bertz CT molecular complexity index is 493. The lowest BCUT2D eigenvalue weighted by atomic mass is 10.3. The van der Waals surface area contributed by atoms with Crippen molar-refractivity contribution < 1.29 is 4.79 Å². The van der Waals surface area contributed by atoms with Gasteiger partial charge in [-0.25, -0.2) is 4.98 Å². The molecule has 0 radical (unpaired) electrons. The van der Waals surface area contributed by atoms with Gasteiger partial charge in [0.25, 0.3) is 0 Å². The quantitative estimate of drug-likeness (QED) is 0.781. The highest BCUT2D eigenvalue weighted by Crippen LogP contribution is 2.25. The Hall–Kier alpha value is -1.56. The zero-order chi connectivity index (χ0) is 14.0. The number of nitrogens with zero attached hydrogens (tertiary/aromatic N) is 4. The summed E-state index contributed by atoms with van der Waals surface area (Å²) in [6.45, 7) is 6.36. The van der Waals surface area contributed by atoms with Gasteiger partial charge in [-0.1, -0.05) is 0 Å². The van der Waals surface area contributed by atoms with Gasteiger partial charge in [-0.3, -0.25) is 4.79 Å². The first-order valence-corrected chi connectivity index (χ1v) is 6.67. The predicted molar refractivity (Wildman–Crippen MR) is 75.3 cm³/mol. The molecule has 1 saturated heterocycles. The summed E-state index contributed by atoms with van der Waals surface area (Å²) in [5, 5.41) is 0.203. The van der Waals surface area contributed by atoms with E-state index in [-0.39, 0.29) is 11.2 Å². The molecule has 0 spiro atoms. The van der Waals surface area contributed by atoms with Gasteiger partial charge in [-0.2, -0.15) is 4.98 Å². The second kappa shape index (κ2) is 5.61. The molecule has 1 aliphatic rings. The van der Waals surface area contributed by atoms with Gasteiger partial charge in [0.15, 0.2) is 5.82 Å². The number of amides is 1. The van der Waals surface area contributed by atoms with Crippen LogP contribution in [0.15, 0.2) is 0 Å². The van der Waals surface area contributed by atoms with Crippen LogP contribution < -0.4 is 10.6 Å². The largest absolute Gasteiger partial charge is 0.394 e. The molecule has 104 valence electrons. The Kier molecular flexibility index (Phi) is 4.09. The van der Waals surface area contributed by atoms with Crippen LogP contribution in [0, 0.1) is 6.92 Å². The summed E-state index contributed by atoms with van der Waals surface area (Å²) in [4.78, 5) is 23.6. The van der Waals surface area contributed by atoms with E-state index in [2.05, 4.69) is 14.9 Å². The van der Waals surface area contributed by atoms with Crippen molar-refractivity contribution in [3.05, 3.63) is 11.0 Å². The molecule has 19 heavy (non-hydrogen) atoms. The molecular formula is C12H18ClN5O. The molecule has 7 heteroatoms. The minimum absolute atomic E-state index is 0.103. The van der Waals surface area contributed by atoms with E-state index in [1.807, 2.05) is 11.8 Å². The number of hydrogen-bond donors (Lipinski definition) is 1. The van der Waals surface area contributed by atoms with Gasteiger partial charge in [0.1, 0.15) is 0 Å². The second-order valence-corrected chi connectivity index (χ2v) is 5.00. The summed E-state index contributed by atoms with van der Waals surface area (Å²) < 4.78 is 0. The van der Waals surface area contributed by atoms with Crippen molar-refractivity contribution in [2.45, 2.75) is 20.3 Å². The standard InChI is InChI=1S/C12H18ClN5O/c1-8-10(14)11(16-12(13)15-8)18-5-3-4-17(6-7-18)9(2)19/h3-7,14H2,1-2H3. The average molecular weight is 284 g/mol. The van der Waals surface area contributed by atoms with Gasteiger partial charge < -0.3 is 15.5 Å². The molecule has 0 aliphatic carbocycles. The van der Waals surface area contributed by atoms with Crippen molar-refractivity contribution in [1.29, 1.82) is 0 Å². The van der Waals surface area contributed by atoms with Crippen LogP contribution in [-0.2, 0) is 4.79 Å². The smallest absolute Gasteiger partial charge is 0.224 e. The fraction of sp³-hybridized carbons (Fsp3) is 0.583. The molecule has 1 fully saturated rings. The first kappa shape index (κ1) is 13.9. The molecule has 0 atom stereocenters. The van der Waals surface area contributed by atoms with Crippen molar-refractivity contribution in [3.8, 4) is 0 Å². The van der Waals surface area contributed by atoms with Crippen LogP contribution in [0.3, 0.4) is 0 Å². The van der Waals surface area contributed by atoms with E-state index >= 15 is 0 Å². The first-order chi connectivity index (χ1) is 8.99. The van der Waals surface area contributed by atoms with Crippen molar-refractivity contribution in [3.63, 3.8) is 0 Å². The SMILES string of the molecule is CC(=O)N1CCCN(c2nc(Cl)nc(C)c2N)CC1. The Labute approximate surface area is 117 Å². The summed E-state index contributed by atoms with van der Waals surface area (Å²) in [6, 6.07) is 0. The molecule has 0 aromatic carbocycles. The molecular weight excluding hydrogens is 266 g/mol. The highest BCUT2D eigenvalue weighted by molar-refractivity contribution is 6.28. The third kappa shape index (κ3) is 3.07. The third-order valence-corrected chi connectivity index (χ3v) is 3.50. The Balaban J connectivity index is 2.21. The van der Waals surface area contributed by atoms with E-state index in [1.165, 1.54) is 0 Å². The molecule has 2 rings (SSSR count). The zero-order valence-corrected chi connectivity index (χ0v) is 11.9. The monoisotopic (exact) mass is 283 g/mol. The van der Waals surface area contributed by atoms with Crippen LogP contribution in [0.5, 0.6) is 0 Å². The number of anilines is 2. The number of hydrogen-bond acceptors (Lipinski definition) is 5. The van der Waals surface area contributed by atoms with Crippen LogP contribution in [0.1, 0.15) is 19.0 Å². The number of rotatable bonds is 1. The Morgan fingerprint density at radius 2 is 2.00 bits per heavy atom. The van der Waals surface area contributed by atoms with E-state index in [0.717, 1.165) is 19.5 Å². The molecule has 2 N–H and O–H groups in total. The van der Waals surface area contributed by atoms with Crippen LogP contribution in [0.25, 0.3) is 0 Å². The predicted octanol–water partition coefficient (Wildman–Crippen LogP) is 1.08. The lowest BCUT2D eigenvalue weighted by Gasteiger charge is -2.24. The minimum atomic E-state index is 0.103. The number of nitrogen functional groups attached to an aromatic ring is 1. The number of carbonyl (C=O) groups is 1. The highest BCUT2D eigenvalue weighted by atomic mass is 35.5. The summed E-state index contributed by atoms with van der Waals surface area (Å²) >= 11 is 5.89. The molecule has 0 bridgehead atoms. The molecule has 1 aromatic rings. The van der Waals surface area contributed by atoms with E-state index in [4.69, 9.17) is 17.3 Å². The van der Waals surface area contributed by atoms with Gasteiger partial charge >= 0.3 is 0 Å². The fourth-order valence-corrected chi connectivity index (χ4v) is 2.43. The Morgan fingerprint density at radius 3 is 2.68 bits per heavy atom. The van der Waals surface area contributed by atoms with Gasteiger partial charge in [-0.05, 0) is 24.9 Å². The topological polar surface area (TPSA) is 75.4 Å². The summed E-state index contributed by atoms with van der Waals surface area (Å²) in [5.74, 6) is 0.773. The molecule has 1 aliphatic heterocycles. The highest BCUT2D eigenvalue weighted by Gasteiger charge is 2.20. The maximum absolute atomic E-state index is 11.4.